The Labute approximate surface area is 391 Å². The molecule has 0 unspecified atom stereocenters. The number of allylic oxidation sites excluding steroid dienone is 6. The van der Waals surface area contributed by atoms with Gasteiger partial charge in [0, 0.05) is 21.5 Å². The molecule has 0 spiro atoms. The molecule has 8 heteroatoms. The maximum absolute atomic E-state index is 7.34. The van der Waals surface area contributed by atoms with E-state index in [0.717, 1.165) is 28.3 Å². The zero-order chi connectivity index (χ0) is 42.1. The van der Waals surface area contributed by atoms with Crippen LogP contribution in [0, 0.1) is 23.7 Å². The van der Waals surface area contributed by atoms with Gasteiger partial charge in [-0.25, -0.2) is 0 Å². The summed E-state index contributed by atoms with van der Waals surface area (Å²) < 4.78 is 1.49. The van der Waals surface area contributed by atoms with E-state index in [0.29, 0.717) is 10.1 Å². The van der Waals surface area contributed by atoms with Gasteiger partial charge in [0.25, 0.3) is 0 Å². The number of halogens is 6. The molecule has 0 aliphatic rings. The second kappa shape index (κ2) is 20.1. The Balaban J connectivity index is 1.70. The summed E-state index contributed by atoms with van der Waals surface area (Å²) in [6, 6.07) is 51.1. The molecule has 58 heavy (non-hydrogen) atoms. The molecule has 5 aromatic carbocycles. The van der Waals surface area contributed by atoms with E-state index in [-0.39, 0.29) is 10.1 Å². The van der Waals surface area contributed by atoms with Crippen molar-refractivity contribution in [1.29, 1.82) is 0 Å². The van der Waals surface area contributed by atoms with Crippen molar-refractivity contribution in [1.82, 2.24) is 0 Å². The molecule has 5 aromatic rings. The number of rotatable bonds is 8. The Hall–Kier alpha value is -2.89. The first-order chi connectivity index (χ1) is 27.5. The SMILES string of the molecule is CC(C)(C)[Si](/C(C#Cc1ccc(C#C/C(=C(\Cl)C=C(Br)Br)[Si](c2ccccc2)(c2ccccc2)C(C)(C)C)cc1)=C(/Cl)C=C(Br)Br)(c1ccccc1)c1ccccc1. The van der Waals surface area contributed by atoms with Crippen molar-refractivity contribution < 1.29 is 0 Å². The summed E-state index contributed by atoms with van der Waals surface area (Å²) in [7, 11) is -5.74. The summed E-state index contributed by atoms with van der Waals surface area (Å²) in [5.74, 6) is 14.4. The standard InChI is InChI=1S/C50H44Br4Cl2Si2/c1-49(2,3)57(39-19-11-7-12-20-39,40-21-13-8-14-22-40)45(43(55)35-47(51)52)33-31-37-27-29-38(30-28-37)32-34-46(44(56)36-48(53)54)58(50(4,5)6,41-23-15-9-16-24-41)42-25-17-10-18-26-42/h7-30,35-36H,1-6H3/b45-43+,46-44+. The smallest absolute Gasteiger partial charge is 0.0837 e. The van der Waals surface area contributed by atoms with Crippen LogP contribution in [0.4, 0.5) is 0 Å². The largest absolute Gasteiger partial charge is 0.165 e. The molecule has 0 heterocycles. The van der Waals surface area contributed by atoms with Crippen LogP contribution in [0.15, 0.2) is 185 Å². The van der Waals surface area contributed by atoms with E-state index in [2.05, 4.69) is 250 Å². The van der Waals surface area contributed by atoms with E-state index >= 15 is 0 Å². The molecule has 0 aromatic heterocycles. The van der Waals surface area contributed by atoms with Crippen molar-refractivity contribution in [3.63, 3.8) is 0 Å². The van der Waals surface area contributed by atoms with Gasteiger partial charge in [0.15, 0.2) is 16.1 Å². The van der Waals surface area contributed by atoms with E-state index < -0.39 is 16.1 Å². The Kier molecular flexibility index (Phi) is 16.0. The van der Waals surface area contributed by atoms with E-state index in [1.807, 2.05) is 36.4 Å². The minimum absolute atomic E-state index is 0.205. The van der Waals surface area contributed by atoms with Crippen molar-refractivity contribution in [2.24, 2.45) is 0 Å². The first-order valence-corrected chi connectivity index (χ1v) is 26.7. The molecule has 0 atom stereocenters. The van der Waals surface area contributed by atoms with Gasteiger partial charge in [-0.1, -0.05) is 210 Å². The maximum Gasteiger partial charge on any atom is 0.165 e. The Morgan fingerprint density at radius 3 is 0.879 bits per heavy atom. The lowest BCUT2D eigenvalue weighted by molar-refractivity contribution is 0.736. The highest BCUT2D eigenvalue weighted by Gasteiger charge is 2.52. The summed E-state index contributed by atoms with van der Waals surface area (Å²) in [4.78, 5) is 0. The number of hydrogen-bond donors (Lipinski definition) is 0. The molecule has 0 N–H and O–H groups in total. The second-order valence-corrected chi connectivity index (χ2v) is 31.5. The Morgan fingerprint density at radius 2 is 0.672 bits per heavy atom. The van der Waals surface area contributed by atoms with Crippen molar-refractivity contribution in [3.05, 3.63) is 196 Å². The van der Waals surface area contributed by atoms with Crippen molar-refractivity contribution in [3.8, 4) is 23.7 Å². The predicted molar refractivity (Wildman–Crippen MR) is 273 cm³/mol. The van der Waals surface area contributed by atoms with Crippen LogP contribution < -0.4 is 20.7 Å². The fraction of sp³-hybridized carbons (Fsp3) is 0.160. The number of benzene rings is 5. The highest BCUT2D eigenvalue weighted by Crippen LogP contribution is 2.44. The van der Waals surface area contributed by atoms with Gasteiger partial charge in [-0.3, -0.25) is 0 Å². The molecule has 0 nitrogen and oxygen atoms in total. The minimum atomic E-state index is -2.87. The molecule has 0 radical (unpaired) electrons. The lowest BCUT2D eigenvalue weighted by atomic mass is 10.1. The monoisotopic (exact) mass is 1090 g/mol. The molecule has 0 aliphatic heterocycles. The highest BCUT2D eigenvalue weighted by molar-refractivity contribution is 9.28. The third-order valence-corrected chi connectivity index (χ3v) is 23.7. The van der Waals surface area contributed by atoms with E-state index in [1.54, 1.807) is 0 Å². The van der Waals surface area contributed by atoms with Gasteiger partial charge < -0.3 is 0 Å². The van der Waals surface area contributed by atoms with Gasteiger partial charge >= 0.3 is 0 Å². The Morgan fingerprint density at radius 1 is 0.431 bits per heavy atom. The van der Waals surface area contributed by atoms with Crippen LogP contribution in [0.2, 0.25) is 10.1 Å². The average Bonchev–Trinajstić information content (AvgIpc) is 3.18. The lowest BCUT2D eigenvalue weighted by Crippen LogP contribution is -2.66. The van der Waals surface area contributed by atoms with E-state index in [4.69, 9.17) is 23.2 Å². The van der Waals surface area contributed by atoms with Gasteiger partial charge in [-0.15, -0.1) is 0 Å². The first-order valence-electron chi connectivity index (χ1n) is 18.8. The Bertz CT molecular complexity index is 2190. The summed E-state index contributed by atoms with van der Waals surface area (Å²) >= 11 is 29.0. The van der Waals surface area contributed by atoms with Gasteiger partial charge in [0.1, 0.15) is 0 Å². The van der Waals surface area contributed by atoms with Crippen LogP contribution in [0.5, 0.6) is 0 Å². The van der Waals surface area contributed by atoms with Gasteiger partial charge in [-0.2, -0.15) is 0 Å². The molecule has 0 aliphatic carbocycles. The topological polar surface area (TPSA) is 0 Å². The van der Waals surface area contributed by atoms with E-state index in [1.165, 1.54) is 20.7 Å². The van der Waals surface area contributed by atoms with Crippen LogP contribution in [0.1, 0.15) is 52.7 Å². The van der Waals surface area contributed by atoms with Gasteiger partial charge in [-0.05, 0) is 131 Å². The molecular formula is C50H44Br4Cl2Si2. The minimum Gasteiger partial charge on any atom is -0.0837 e. The van der Waals surface area contributed by atoms with Crippen molar-refractivity contribution in [2.75, 3.05) is 0 Å². The fourth-order valence-corrected chi connectivity index (χ4v) is 21.6. The third kappa shape index (κ3) is 10.2. The zero-order valence-electron chi connectivity index (χ0n) is 33.3. The molecule has 294 valence electrons. The second-order valence-electron chi connectivity index (χ2n) is 15.9. The van der Waals surface area contributed by atoms with Gasteiger partial charge in [0.05, 0.1) is 16.8 Å². The molecule has 0 saturated carbocycles. The summed E-state index contributed by atoms with van der Waals surface area (Å²) in [6.07, 6.45) is 3.80. The van der Waals surface area contributed by atoms with Crippen LogP contribution in [-0.4, -0.2) is 16.1 Å². The zero-order valence-corrected chi connectivity index (χ0v) is 43.1. The van der Waals surface area contributed by atoms with Crippen molar-refractivity contribution >= 4 is 124 Å². The third-order valence-electron chi connectivity index (χ3n) is 10.3. The molecule has 0 bridgehead atoms. The quantitative estimate of drug-likeness (QED) is 0.0825. The summed E-state index contributed by atoms with van der Waals surface area (Å²) in [6.45, 7) is 13.8. The first kappa shape index (κ1) is 46.2. The van der Waals surface area contributed by atoms with Gasteiger partial charge in [0.2, 0.25) is 0 Å². The van der Waals surface area contributed by atoms with Crippen LogP contribution >= 0.6 is 86.9 Å². The molecule has 0 fully saturated rings. The fourth-order valence-electron chi connectivity index (χ4n) is 8.05. The maximum atomic E-state index is 7.34. The van der Waals surface area contributed by atoms with E-state index in [9.17, 15) is 0 Å². The highest BCUT2D eigenvalue weighted by atomic mass is 79.9. The molecule has 0 saturated heterocycles. The number of hydrogen-bond acceptors (Lipinski definition) is 0. The predicted octanol–water partition coefficient (Wildman–Crippen LogP) is 13.8. The van der Waals surface area contributed by atoms with Crippen molar-refractivity contribution in [2.45, 2.75) is 51.6 Å². The average molecular weight is 1090 g/mol. The molecule has 0 amide bonds. The van der Waals surface area contributed by atoms with Crippen LogP contribution in [0.3, 0.4) is 0 Å². The normalized spacial score (nSPS) is 12.8. The lowest BCUT2D eigenvalue weighted by Gasteiger charge is -2.44. The molecule has 5 rings (SSSR count). The summed E-state index contributed by atoms with van der Waals surface area (Å²) in [5.41, 5.74) is 1.72. The van der Waals surface area contributed by atoms with Crippen LogP contribution in [0.25, 0.3) is 0 Å². The van der Waals surface area contributed by atoms with Crippen LogP contribution in [-0.2, 0) is 0 Å². The molecular weight excluding hydrogens is 1050 g/mol. The summed E-state index contributed by atoms with van der Waals surface area (Å²) in [5, 5.41) is 7.61.